The fraction of sp³-hybridized carbons (Fsp3) is 0.143. The van der Waals surface area contributed by atoms with Crippen LogP contribution in [0.25, 0.3) is 4.98 Å². The molecule has 0 radical (unpaired) electrons. The van der Waals surface area contributed by atoms with Crippen LogP contribution in [0.5, 0.6) is 0 Å². The zero-order chi connectivity index (χ0) is 7.56. The highest BCUT2D eigenvalue weighted by Gasteiger charge is 2.09. The van der Waals surface area contributed by atoms with E-state index >= 15 is 0 Å². The second-order valence-corrected chi connectivity index (χ2v) is 2.46. The molecule has 0 saturated heterocycles. The predicted molar refractivity (Wildman–Crippen MR) is 40.9 cm³/mol. The molecule has 3 heteroatoms. The van der Waals surface area contributed by atoms with E-state index in [9.17, 15) is 0 Å². The largest absolute Gasteiger partial charge is 0.403 e. The minimum Gasteiger partial charge on any atom is -0.0755 e. The molecule has 0 unspecified atom stereocenters. The fourth-order valence-electron chi connectivity index (χ4n) is 0.699. The number of hydrogen-bond acceptors (Lipinski definition) is 1. The summed E-state index contributed by atoms with van der Waals surface area (Å²) >= 11 is 5.64. The Balaban J connectivity index is 3.25. The molecule has 0 fully saturated rings. The van der Waals surface area contributed by atoms with Crippen LogP contribution >= 0.6 is 11.6 Å². The molecule has 0 heterocycles. The lowest BCUT2D eigenvalue weighted by Gasteiger charge is -1.86. The molecule has 1 aromatic rings. The van der Waals surface area contributed by atoms with Crippen LogP contribution in [0.15, 0.2) is 18.2 Å². The first-order valence-corrected chi connectivity index (χ1v) is 3.23. The summed E-state index contributed by atoms with van der Waals surface area (Å²) in [6.07, 6.45) is 0. The maximum Gasteiger partial charge on any atom is 0.403 e. The topological polar surface area (TPSA) is 28.1 Å². The Morgan fingerprint density at radius 3 is 2.70 bits per heavy atom. The van der Waals surface area contributed by atoms with Crippen LogP contribution in [0.1, 0.15) is 5.56 Å². The van der Waals surface area contributed by atoms with E-state index in [1.807, 2.05) is 13.0 Å². The minimum absolute atomic E-state index is 0.418. The van der Waals surface area contributed by atoms with E-state index in [0.29, 0.717) is 10.7 Å². The van der Waals surface area contributed by atoms with E-state index in [1.165, 1.54) is 0 Å². The first-order valence-electron chi connectivity index (χ1n) is 2.85. The van der Waals surface area contributed by atoms with Crippen LogP contribution in [-0.2, 0) is 0 Å². The van der Waals surface area contributed by atoms with Crippen LogP contribution in [0.2, 0.25) is 5.02 Å². The molecule has 0 aliphatic carbocycles. The molecule has 0 amide bonds. The van der Waals surface area contributed by atoms with Gasteiger partial charge in [0.25, 0.3) is 0 Å². The zero-order valence-electron chi connectivity index (χ0n) is 5.50. The van der Waals surface area contributed by atoms with Crippen molar-refractivity contribution < 1.29 is 0 Å². The van der Waals surface area contributed by atoms with Gasteiger partial charge >= 0.3 is 5.69 Å². The van der Waals surface area contributed by atoms with Crippen molar-refractivity contribution in [2.45, 2.75) is 6.92 Å². The summed E-state index contributed by atoms with van der Waals surface area (Å²) in [6, 6.07) is 5.27. The summed E-state index contributed by atoms with van der Waals surface area (Å²) in [5, 5.41) is 8.85. The highest BCUT2D eigenvalue weighted by atomic mass is 35.5. The standard InChI is InChI=1S/C7H6ClN2/c1-5-2-3-6(8)7(4-5)10-9/h2-4H,1H3/q+1. The normalized spacial score (nSPS) is 8.90. The number of rotatable bonds is 0. The van der Waals surface area contributed by atoms with Gasteiger partial charge in [-0.25, -0.2) is 0 Å². The van der Waals surface area contributed by atoms with E-state index in [0.717, 1.165) is 5.56 Å². The molecule has 1 rings (SSSR count). The molecule has 0 spiro atoms. The number of nitrogens with zero attached hydrogens (tertiary/aromatic N) is 2. The van der Waals surface area contributed by atoms with Crippen LogP contribution in [0, 0.1) is 12.3 Å². The van der Waals surface area contributed by atoms with Gasteiger partial charge in [0.05, 0.1) is 0 Å². The SMILES string of the molecule is Cc1ccc(Cl)c([N+]#N)c1. The van der Waals surface area contributed by atoms with Gasteiger partial charge in [0.15, 0.2) is 4.98 Å². The molecule has 0 aliphatic heterocycles. The van der Waals surface area contributed by atoms with Crippen molar-refractivity contribution in [3.8, 4) is 0 Å². The molecule has 0 N–H and O–H groups in total. The lowest BCUT2D eigenvalue weighted by Crippen LogP contribution is -1.69. The Hall–Kier alpha value is -1.07. The summed E-state index contributed by atoms with van der Waals surface area (Å²) in [6.45, 7) is 1.91. The van der Waals surface area contributed by atoms with Crippen LogP contribution in [0.4, 0.5) is 5.69 Å². The number of hydrogen-bond donors (Lipinski definition) is 0. The summed E-state index contributed by atoms with van der Waals surface area (Å²) in [5.74, 6) is 0. The summed E-state index contributed by atoms with van der Waals surface area (Å²) in [5.41, 5.74) is 1.44. The average molecular weight is 154 g/mol. The van der Waals surface area contributed by atoms with Crippen molar-refractivity contribution >= 4 is 17.3 Å². The van der Waals surface area contributed by atoms with Crippen molar-refractivity contribution in [3.63, 3.8) is 0 Å². The van der Waals surface area contributed by atoms with Crippen molar-refractivity contribution in [1.82, 2.24) is 0 Å². The van der Waals surface area contributed by atoms with E-state index in [-0.39, 0.29) is 0 Å². The first-order chi connectivity index (χ1) is 4.74. The Morgan fingerprint density at radius 2 is 2.20 bits per heavy atom. The zero-order valence-corrected chi connectivity index (χ0v) is 6.26. The summed E-state index contributed by atoms with van der Waals surface area (Å²) < 4.78 is 0. The average Bonchev–Trinajstić information content (AvgIpc) is 1.94. The van der Waals surface area contributed by atoms with Crippen LogP contribution in [-0.4, -0.2) is 0 Å². The molecule has 0 saturated carbocycles. The highest BCUT2D eigenvalue weighted by Crippen LogP contribution is 2.24. The van der Waals surface area contributed by atoms with Crippen molar-refractivity contribution in [2.24, 2.45) is 0 Å². The number of benzene rings is 1. The quantitative estimate of drug-likeness (QED) is 0.527. The van der Waals surface area contributed by atoms with Gasteiger partial charge in [-0.3, -0.25) is 0 Å². The fourth-order valence-corrected chi connectivity index (χ4v) is 0.855. The molecule has 0 aliphatic rings. The van der Waals surface area contributed by atoms with E-state index < -0.39 is 0 Å². The maximum absolute atomic E-state index is 8.38. The molecule has 2 nitrogen and oxygen atoms in total. The Kier molecular flexibility index (Phi) is 1.88. The number of halogens is 1. The highest BCUT2D eigenvalue weighted by molar-refractivity contribution is 6.33. The van der Waals surface area contributed by atoms with Crippen LogP contribution in [0.3, 0.4) is 0 Å². The molecule has 0 atom stereocenters. The molecular weight excluding hydrogens is 148 g/mol. The Bertz CT molecular complexity index is 288. The lowest BCUT2D eigenvalue weighted by molar-refractivity contribution is 1.43. The molecule has 10 heavy (non-hydrogen) atoms. The van der Waals surface area contributed by atoms with Crippen molar-refractivity contribution in [2.75, 3.05) is 0 Å². The Morgan fingerprint density at radius 1 is 1.50 bits per heavy atom. The third-order valence-electron chi connectivity index (χ3n) is 1.21. The van der Waals surface area contributed by atoms with Gasteiger partial charge in [-0.05, 0) is 18.6 Å². The van der Waals surface area contributed by atoms with E-state index in [2.05, 4.69) is 4.98 Å². The van der Waals surface area contributed by atoms with Gasteiger partial charge in [0.2, 0.25) is 5.39 Å². The van der Waals surface area contributed by atoms with Gasteiger partial charge in [-0.1, -0.05) is 17.7 Å². The lowest BCUT2D eigenvalue weighted by atomic mass is 10.2. The predicted octanol–water partition coefficient (Wildman–Crippen LogP) is 3.13. The molecular formula is C7H6ClN2+. The number of diazo groups is 1. The van der Waals surface area contributed by atoms with Crippen LogP contribution < -0.4 is 0 Å². The summed E-state index contributed by atoms with van der Waals surface area (Å²) in [7, 11) is 0. The smallest absolute Gasteiger partial charge is 0.0755 e. The van der Waals surface area contributed by atoms with Gasteiger partial charge < -0.3 is 0 Å². The monoisotopic (exact) mass is 153 g/mol. The Labute approximate surface area is 64.1 Å². The first kappa shape index (κ1) is 7.04. The summed E-state index contributed by atoms with van der Waals surface area (Å²) in [4.78, 5) is 3.00. The van der Waals surface area contributed by atoms with Crippen molar-refractivity contribution in [1.29, 1.82) is 5.39 Å². The second-order valence-electron chi connectivity index (χ2n) is 2.05. The van der Waals surface area contributed by atoms with E-state index in [1.54, 1.807) is 12.1 Å². The maximum atomic E-state index is 8.38. The third kappa shape index (κ3) is 1.26. The second kappa shape index (κ2) is 2.68. The third-order valence-corrected chi connectivity index (χ3v) is 1.53. The van der Waals surface area contributed by atoms with Gasteiger partial charge in [-0.2, -0.15) is 0 Å². The van der Waals surface area contributed by atoms with Gasteiger partial charge in [-0.15, -0.1) is 0 Å². The van der Waals surface area contributed by atoms with Crippen molar-refractivity contribution in [3.05, 3.63) is 33.8 Å². The molecule has 1 aromatic carbocycles. The van der Waals surface area contributed by atoms with Gasteiger partial charge in [0, 0.05) is 6.07 Å². The molecule has 0 aromatic heterocycles. The minimum atomic E-state index is 0.418. The molecule has 0 bridgehead atoms. The van der Waals surface area contributed by atoms with Gasteiger partial charge in [0.1, 0.15) is 5.02 Å². The number of aryl methyl sites for hydroxylation is 1. The molecule has 50 valence electrons. The van der Waals surface area contributed by atoms with E-state index in [4.69, 9.17) is 17.0 Å².